The molecule has 4 heteroatoms. The Morgan fingerprint density at radius 3 is 2.80 bits per heavy atom. The fourth-order valence-corrected chi connectivity index (χ4v) is 1.99. The molecule has 20 heavy (non-hydrogen) atoms. The predicted molar refractivity (Wildman–Crippen MR) is 79.7 cm³/mol. The van der Waals surface area contributed by atoms with Crippen LogP contribution < -0.4 is 5.32 Å². The number of nitrogens with one attached hydrogen (secondary N) is 1. The van der Waals surface area contributed by atoms with E-state index in [1.165, 1.54) is 0 Å². The second kappa shape index (κ2) is 5.59. The van der Waals surface area contributed by atoms with Gasteiger partial charge in [-0.1, -0.05) is 25.1 Å². The number of para-hydroxylation sites is 1. The molecular weight excluding hydrogens is 252 g/mol. The number of nitrogens with zero attached hydrogens (tertiary/aromatic N) is 1. The molecule has 1 atom stereocenters. The third-order valence-electron chi connectivity index (χ3n) is 3.48. The summed E-state index contributed by atoms with van der Waals surface area (Å²) in [4.78, 5) is 16.7. The number of pyridine rings is 1. The van der Waals surface area contributed by atoms with E-state index in [0.717, 1.165) is 16.6 Å². The van der Waals surface area contributed by atoms with Gasteiger partial charge in [-0.2, -0.15) is 0 Å². The van der Waals surface area contributed by atoms with Crippen molar-refractivity contribution in [2.45, 2.75) is 32.8 Å². The lowest BCUT2D eigenvalue weighted by atomic mass is 10.0. The number of aryl methyl sites for hydroxylation is 1. The van der Waals surface area contributed by atoms with Gasteiger partial charge in [0.2, 0.25) is 0 Å². The first-order chi connectivity index (χ1) is 9.43. The number of hydrogen-bond acceptors (Lipinski definition) is 3. The first-order valence-corrected chi connectivity index (χ1v) is 6.80. The van der Waals surface area contributed by atoms with Gasteiger partial charge in [-0.05, 0) is 32.4 Å². The molecule has 1 amide bonds. The summed E-state index contributed by atoms with van der Waals surface area (Å²) in [6, 6.07) is 9.34. The quantitative estimate of drug-likeness (QED) is 0.898. The average Bonchev–Trinajstić information content (AvgIpc) is 2.44. The van der Waals surface area contributed by atoms with E-state index in [1.807, 2.05) is 38.1 Å². The molecule has 0 aliphatic carbocycles. The fraction of sp³-hybridized carbons (Fsp3) is 0.375. The number of hydrogen-bond donors (Lipinski definition) is 2. The summed E-state index contributed by atoms with van der Waals surface area (Å²) in [5.74, 6) is -0.180. The van der Waals surface area contributed by atoms with Gasteiger partial charge in [-0.25, -0.2) is 0 Å². The van der Waals surface area contributed by atoms with Crippen molar-refractivity contribution >= 4 is 16.8 Å². The number of rotatable bonds is 4. The number of carbonyl (C=O) groups excluding carboxylic acids is 1. The van der Waals surface area contributed by atoms with Crippen molar-refractivity contribution < 1.29 is 9.90 Å². The second-order valence-corrected chi connectivity index (χ2v) is 5.36. The summed E-state index contributed by atoms with van der Waals surface area (Å²) in [5.41, 5.74) is 1.32. The molecule has 106 valence electrons. The van der Waals surface area contributed by atoms with Crippen LogP contribution >= 0.6 is 0 Å². The molecule has 0 aliphatic heterocycles. The summed E-state index contributed by atoms with van der Waals surface area (Å²) < 4.78 is 0. The molecule has 2 aromatic rings. The summed E-state index contributed by atoms with van der Waals surface area (Å²) in [7, 11) is 0. The lowest BCUT2D eigenvalue weighted by Gasteiger charge is -2.21. The Kier molecular flexibility index (Phi) is 4.04. The molecular formula is C16H20N2O2. The molecule has 1 aromatic heterocycles. The number of amides is 1. The van der Waals surface area contributed by atoms with Crippen LogP contribution in [0, 0.1) is 6.92 Å². The van der Waals surface area contributed by atoms with Crippen molar-refractivity contribution in [1.82, 2.24) is 10.3 Å². The van der Waals surface area contributed by atoms with Gasteiger partial charge < -0.3 is 10.4 Å². The van der Waals surface area contributed by atoms with Crippen LogP contribution in [0.4, 0.5) is 0 Å². The molecule has 1 aromatic carbocycles. The highest BCUT2D eigenvalue weighted by Crippen LogP contribution is 2.18. The zero-order chi connectivity index (χ0) is 14.8. The van der Waals surface area contributed by atoms with E-state index in [1.54, 1.807) is 13.0 Å². The summed E-state index contributed by atoms with van der Waals surface area (Å²) in [6.07, 6.45) is 0.587. The van der Waals surface area contributed by atoms with E-state index in [9.17, 15) is 9.90 Å². The summed E-state index contributed by atoms with van der Waals surface area (Å²) in [6.45, 7) is 5.70. The minimum absolute atomic E-state index is 0.180. The number of benzene rings is 1. The maximum Gasteiger partial charge on any atom is 0.252 e. The second-order valence-electron chi connectivity index (χ2n) is 5.36. The molecule has 0 fully saturated rings. The van der Waals surface area contributed by atoms with Crippen LogP contribution in [0.2, 0.25) is 0 Å². The van der Waals surface area contributed by atoms with Crippen LogP contribution in [-0.2, 0) is 0 Å². The van der Waals surface area contributed by atoms with E-state index in [0.29, 0.717) is 12.0 Å². The molecule has 1 heterocycles. The molecule has 0 radical (unpaired) electrons. The minimum Gasteiger partial charge on any atom is -0.388 e. The highest BCUT2D eigenvalue weighted by Gasteiger charge is 2.19. The number of fused-ring (bicyclic) bond motifs is 1. The van der Waals surface area contributed by atoms with Crippen molar-refractivity contribution in [3.8, 4) is 0 Å². The SMILES string of the molecule is CCC(C)(O)CNC(=O)c1cc(C)nc2ccccc12. The zero-order valence-corrected chi connectivity index (χ0v) is 12.1. The highest BCUT2D eigenvalue weighted by molar-refractivity contribution is 6.06. The third kappa shape index (κ3) is 3.14. The molecule has 0 saturated carbocycles. The van der Waals surface area contributed by atoms with Crippen LogP contribution in [0.3, 0.4) is 0 Å². The number of aromatic nitrogens is 1. The van der Waals surface area contributed by atoms with Gasteiger partial charge in [-0.15, -0.1) is 0 Å². The van der Waals surface area contributed by atoms with Gasteiger partial charge in [0.25, 0.3) is 5.91 Å². The smallest absolute Gasteiger partial charge is 0.252 e. The van der Waals surface area contributed by atoms with Gasteiger partial charge in [0.15, 0.2) is 0 Å². The monoisotopic (exact) mass is 272 g/mol. The lowest BCUT2D eigenvalue weighted by molar-refractivity contribution is 0.0519. The first kappa shape index (κ1) is 14.5. The molecule has 0 saturated heterocycles. The average molecular weight is 272 g/mol. The maximum absolute atomic E-state index is 12.3. The normalized spacial score (nSPS) is 14.0. The van der Waals surface area contributed by atoms with Crippen LogP contribution in [0.25, 0.3) is 10.9 Å². The first-order valence-electron chi connectivity index (χ1n) is 6.80. The van der Waals surface area contributed by atoms with E-state index >= 15 is 0 Å². The Morgan fingerprint density at radius 2 is 2.10 bits per heavy atom. The Bertz CT molecular complexity index is 635. The summed E-state index contributed by atoms with van der Waals surface area (Å²) in [5, 5.41) is 13.6. The largest absolute Gasteiger partial charge is 0.388 e. The topological polar surface area (TPSA) is 62.2 Å². The van der Waals surface area contributed by atoms with Crippen molar-refractivity contribution in [3.05, 3.63) is 41.6 Å². The molecule has 0 bridgehead atoms. The minimum atomic E-state index is -0.881. The van der Waals surface area contributed by atoms with Crippen LogP contribution in [-0.4, -0.2) is 28.1 Å². The third-order valence-corrected chi connectivity index (χ3v) is 3.48. The van der Waals surface area contributed by atoms with Crippen LogP contribution in [0.5, 0.6) is 0 Å². The highest BCUT2D eigenvalue weighted by atomic mass is 16.3. The van der Waals surface area contributed by atoms with E-state index in [2.05, 4.69) is 10.3 Å². The van der Waals surface area contributed by atoms with Crippen molar-refractivity contribution in [1.29, 1.82) is 0 Å². The van der Waals surface area contributed by atoms with E-state index in [-0.39, 0.29) is 12.5 Å². The van der Waals surface area contributed by atoms with E-state index in [4.69, 9.17) is 0 Å². The molecule has 4 nitrogen and oxygen atoms in total. The predicted octanol–water partition coefficient (Wildman–Crippen LogP) is 2.43. The maximum atomic E-state index is 12.3. The van der Waals surface area contributed by atoms with Gasteiger partial charge in [0.1, 0.15) is 0 Å². The number of carbonyl (C=O) groups is 1. The fourth-order valence-electron chi connectivity index (χ4n) is 1.99. The Morgan fingerprint density at radius 1 is 1.40 bits per heavy atom. The molecule has 0 spiro atoms. The Balaban J connectivity index is 2.30. The lowest BCUT2D eigenvalue weighted by Crippen LogP contribution is -2.40. The molecule has 1 unspecified atom stereocenters. The van der Waals surface area contributed by atoms with Gasteiger partial charge in [0, 0.05) is 17.6 Å². The standard InChI is InChI=1S/C16H20N2O2/c1-4-16(3,20)10-17-15(19)13-9-11(2)18-14-8-6-5-7-12(13)14/h5-9,20H,4,10H2,1-3H3,(H,17,19). The summed E-state index contributed by atoms with van der Waals surface area (Å²) >= 11 is 0. The molecule has 0 aliphatic rings. The van der Waals surface area contributed by atoms with Crippen LogP contribution in [0.1, 0.15) is 36.3 Å². The van der Waals surface area contributed by atoms with E-state index < -0.39 is 5.60 Å². The number of aliphatic hydroxyl groups is 1. The van der Waals surface area contributed by atoms with Crippen molar-refractivity contribution in [2.75, 3.05) is 6.54 Å². The van der Waals surface area contributed by atoms with Crippen LogP contribution in [0.15, 0.2) is 30.3 Å². The van der Waals surface area contributed by atoms with Gasteiger partial charge in [-0.3, -0.25) is 9.78 Å². The van der Waals surface area contributed by atoms with Gasteiger partial charge >= 0.3 is 0 Å². The van der Waals surface area contributed by atoms with Crippen molar-refractivity contribution in [3.63, 3.8) is 0 Å². The van der Waals surface area contributed by atoms with Crippen molar-refractivity contribution in [2.24, 2.45) is 0 Å². The Hall–Kier alpha value is -1.94. The van der Waals surface area contributed by atoms with Gasteiger partial charge in [0.05, 0.1) is 16.7 Å². The Labute approximate surface area is 118 Å². The zero-order valence-electron chi connectivity index (χ0n) is 12.1. The molecule has 2 rings (SSSR count). The molecule has 2 N–H and O–H groups in total.